The van der Waals surface area contributed by atoms with E-state index in [4.69, 9.17) is 4.98 Å². The first-order chi connectivity index (χ1) is 14.6. The van der Waals surface area contributed by atoms with Crippen molar-refractivity contribution in [1.29, 1.82) is 0 Å². The van der Waals surface area contributed by atoms with Crippen LogP contribution in [0.15, 0.2) is 54.9 Å². The Morgan fingerprint density at radius 3 is 2.83 bits per heavy atom. The van der Waals surface area contributed by atoms with Gasteiger partial charge in [-0.1, -0.05) is 25.1 Å². The van der Waals surface area contributed by atoms with E-state index in [1.54, 1.807) is 18.3 Å². The number of carbonyl (C=O) groups is 1. The number of nitrogens with zero attached hydrogens (tertiary/aromatic N) is 4. The van der Waals surface area contributed by atoms with Crippen molar-refractivity contribution in [1.82, 2.24) is 19.4 Å². The second kappa shape index (κ2) is 9.20. The zero-order valence-electron chi connectivity index (χ0n) is 17.3. The first-order valence-electron chi connectivity index (χ1n) is 10.7. The molecule has 0 aliphatic carbocycles. The Balaban J connectivity index is 1.41. The van der Waals surface area contributed by atoms with E-state index in [1.807, 2.05) is 27.8 Å². The summed E-state index contributed by atoms with van der Waals surface area (Å²) in [5.41, 5.74) is 2.01. The third kappa shape index (κ3) is 4.58. The molecule has 1 amide bonds. The maximum absolute atomic E-state index is 13.1. The fourth-order valence-corrected chi connectivity index (χ4v) is 4.11. The van der Waals surface area contributed by atoms with Crippen molar-refractivity contribution in [3.8, 4) is 5.82 Å². The van der Waals surface area contributed by atoms with E-state index < -0.39 is 0 Å². The van der Waals surface area contributed by atoms with Crippen molar-refractivity contribution in [2.24, 2.45) is 0 Å². The molecular formula is C24H27FN4O. The fourth-order valence-electron chi connectivity index (χ4n) is 4.11. The van der Waals surface area contributed by atoms with Crippen LogP contribution in [0.4, 0.5) is 4.39 Å². The van der Waals surface area contributed by atoms with E-state index in [1.165, 1.54) is 12.1 Å². The number of benzene rings is 1. The molecular weight excluding hydrogens is 379 g/mol. The quantitative estimate of drug-likeness (QED) is 0.613. The summed E-state index contributed by atoms with van der Waals surface area (Å²) >= 11 is 0. The lowest BCUT2D eigenvalue weighted by atomic mass is 9.94. The summed E-state index contributed by atoms with van der Waals surface area (Å²) in [6.07, 6.45) is 7.67. The molecule has 1 aliphatic heterocycles. The molecule has 2 aromatic heterocycles. The lowest BCUT2D eigenvalue weighted by Gasteiger charge is -2.32. The van der Waals surface area contributed by atoms with Crippen LogP contribution in [0, 0.1) is 5.82 Å². The number of aromatic nitrogens is 3. The summed E-state index contributed by atoms with van der Waals surface area (Å²) in [5.74, 6) is 2.01. The van der Waals surface area contributed by atoms with Crippen LogP contribution in [0.1, 0.15) is 49.2 Å². The van der Waals surface area contributed by atoms with Gasteiger partial charge in [-0.25, -0.2) is 14.4 Å². The molecule has 1 fully saturated rings. The van der Waals surface area contributed by atoms with Crippen LogP contribution in [0.3, 0.4) is 0 Å². The van der Waals surface area contributed by atoms with Gasteiger partial charge in [-0.2, -0.15) is 0 Å². The summed E-state index contributed by atoms with van der Waals surface area (Å²) in [6, 6.07) is 12.5. The van der Waals surface area contributed by atoms with Crippen LogP contribution in [0.2, 0.25) is 0 Å². The van der Waals surface area contributed by atoms with Crippen LogP contribution >= 0.6 is 0 Å². The first kappa shape index (κ1) is 20.3. The highest BCUT2D eigenvalue weighted by atomic mass is 19.1. The summed E-state index contributed by atoms with van der Waals surface area (Å²) in [7, 11) is 0. The number of likely N-dealkylation sites (tertiary alicyclic amines) is 1. The predicted molar refractivity (Wildman–Crippen MR) is 114 cm³/mol. The fraction of sp³-hybridized carbons (Fsp3) is 0.375. The molecule has 5 nitrogen and oxygen atoms in total. The molecule has 156 valence electrons. The molecule has 6 heteroatoms. The summed E-state index contributed by atoms with van der Waals surface area (Å²) in [6.45, 7) is 3.57. The standard InChI is InChI=1S/C24H27FN4O/c1-2-22-26-14-16-29(22)23-7-3-6-21(27-23)19-5-4-15-28(17-19)24(30)13-10-18-8-11-20(25)12-9-18/h3,6-9,11-12,14,16,19H,2,4-5,10,13,15,17H2,1H3/t19-/m0/s1. The first-order valence-corrected chi connectivity index (χ1v) is 10.7. The predicted octanol–water partition coefficient (Wildman–Crippen LogP) is 4.31. The molecule has 30 heavy (non-hydrogen) atoms. The molecule has 0 N–H and O–H groups in total. The molecule has 0 radical (unpaired) electrons. The molecule has 3 heterocycles. The highest BCUT2D eigenvalue weighted by Gasteiger charge is 2.25. The van der Waals surface area contributed by atoms with Gasteiger partial charge in [0.25, 0.3) is 0 Å². The smallest absolute Gasteiger partial charge is 0.222 e. The van der Waals surface area contributed by atoms with Crippen molar-refractivity contribution in [3.05, 3.63) is 77.8 Å². The maximum atomic E-state index is 13.1. The van der Waals surface area contributed by atoms with E-state index in [0.717, 1.165) is 48.7 Å². The maximum Gasteiger partial charge on any atom is 0.222 e. The van der Waals surface area contributed by atoms with Gasteiger partial charge in [0.2, 0.25) is 5.91 Å². The summed E-state index contributed by atoms with van der Waals surface area (Å²) < 4.78 is 15.1. The molecule has 0 bridgehead atoms. The normalized spacial score (nSPS) is 16.6. The average Bonchev–Trinajstić information content (AvgIpc) is 3.28. The Morgan fingerprint density at radius 1 is 1.20 bits per heavy atom. The molecule has 3 aromatic rings. The van der Waals surface area contributed by atoms with Gasteiger partial charge in [-0.15, -0.1) is 0 Å². The number of hydrogen-bond donors (Lipinski definition) is 0. The van der Waals surface area contributed by atoms with Gasteiger partial charge < -0.3 is 4.90 Å². The van der Waals surface area contributed by atoms with Crippen molar-refractivity contribution in [3.63, 3.8) is 0 Å². The van der Waals surface area contributed by atoms with Crippen LogP contribution in [-0.4, -0.2) is 38.4 Å². The van der Waals surface area contributed by atoms with Crippen LogP contribution in [-0.2, 0) is 17.6 Å². The van der Waals surface area contributed by atoms with Gasteiger partial charge in [-0.3, -0.25) is 9.36 Å². The largest absolute Gasteiger partial charge is 0.342 e. The number of piperidine rings is 1. The minimum absolute atomic E-state index is 0.156. The second-order valence-corrected chi connectivity index (χ2v) is 7.79. The van der Waals surface area contributed by atoms with Crippen LogP contribution < -0.4 is 0 Å². The van der Waals surface area contributed by atoms with Crippen molar-refractivity contribution in [2.45, 2.75) is 44.9 Å². The van der Waals surface area contributed by atoms with Gasteiger partial charge >= 0.3 is 0 Å². The number of rotatable bonds is 6. The number of pyridine rings is 1. The number of aryl methyl sites for hydroxylation is 2. The molecule has 0 unspecified atom stereocenters. The molecule has 0 saturated carbocycles. The minimum atomic E-state index is -0.250. The number of imidazole rings is 1. The van der Waals surface area contributed by atoms with Crippen LogP contribution in [0.25, 0.3) is 5.82 Å². The topological polar surface area (TPSA) is 51.0 Å². The minimum Gasteiger partial charge on any atom is -0.342 e. The summed E-state index contributed by atoms with van der Waals surface area (Å²) in [5, 5.41) is 0. The lowest BCUT2D eigenvalue weighted by molar-refractivity contribution is -0.132. The molecule has 4 rings (SSSR count). The Hall–Kier alpha value is -3.02. The monoisotopic (exact) mass is 406 g/mol. The van der Waals surface area contributed by atoms with E-state index >= 15 is 0 Å². The molecule has 0 spiro atoms. The Bertz CT molecular complexity index is 998. The Kier molecular flexibility index (Phi) is 6.21. The Morgan fingerprint density at radius 2 is 2.03 bits per heavy atom. The number of amides is 1. The van der Waals surface area contributed by atoms with Crippen LogP contribution in [0.5, 0.6) is 0 Å². The zero-order valence-corrected chi connectivity index (χ0v) is 17.3. The van der Waals surface area contributed by atoms with E-state index in [0.29, 0.717) is 19.4 Å². The van der Waals surface area contributed by atoms with Crippen molar-refractivity contribution >= 4 is 5.91 Å². The third-order valence-corrected chi connectivity index (χ3v) is 5.77. The number of halogens is 1. The molecule has 1 aliphatic rings. The number of carbonyl (C=O) groups excluding carboxylic acids is 1. The van der Waals surface area contributed by atoms with Gasteiger partial charge in [0.15, 0.2) is 0 Å². The van der Waals surface area contributed by atoms with Gasteiger partial charge in [0, 0.05) is 49.9 Å². The second-order valence-electron chi connectivity index (χ2n) is 7.79. The highest BCUT2D eigenvalue weighted by molar-refractivity contribution is 5.76. The van der Waals surface area contributed by atoms with E-state index in [9.17, 15) is 9.18 Å². The molecule has 1 aromatic carbocycles. The van der Waals surface area contributed by atoms with Crippen molar-refractivity contribution < 1.29 is 9.18 Å². The zero-order chi connectivity index (χ0) is 20.9. The van der Waals surface area contributed by atoms with Gasteiger partial charge in [0.05, 0.1) is 0 Å². The van der Waals surface area contributed by atoms with Gasteiger partial charge in [-0.05, 0) is 49.1 Å². The van der Waals surface area contributed by atoms with Crippen molar-refractivity contribution in [2.75, 3.05) is 13.1 Å². The number of hydrogen-bond acceptors (Lipinski definition) is 3. The lowest BCUT2D eigenvalue weighted by Crippen LogP contribution is -2.39. The third-order valence-electron chi connectivity index (χ3n) is 5.77. The average molecular weight is 407 g/mol. The SMILES string of the molecule is CCc1nccn1-c1cccc([C@H]2CCCN(C(=O)CCc3ccc(F)cc3)C2)n1. The summed E-state index contributed by atoms with van der Waals surface area (Å²) in [4.78, 5) is 24.0. The Labute approximate surface area is 176 Å². The van der Waals surface area contributed by atoms with Gasteiger partial charge in [0.1, 0.15) is 17.5 Å². The molecule has 1 saturated heterocycles. The molecule has 1 atom stereocenters. The highest BCUT2D eigenvalue weighted by Crippen LogP contribution is 2.27. The van der Waals surface area contributed by atoms with E-state index in [2.05, 4.69) is 18.0 Å². The van der Waals surface area contributed by atoms with E-state index in [-0.39, 0.29) is 17.6 Å².